The highest BCUT2D eigenvalue weighted by Gasteiger charge is 2.29. The Morgan fingerprint density at radius 3 is 2.09 bits per heavy atom. The van der Waals surface area contributed by atoms with E-state index >= 15 is 0 Å². The number of carbonyl (C=O) groups is 3. The van der Waals surface area contributed by atoms with Gasteiger partial charge in [-0.1, -0.05) is 61.9 Å². The van der Waals surface area contributed by atoms with Crippen molar-refractivity contribution >= 4 is 18.0 Å². The van der Waals surface area contributed by atoms with Crippen LogP contribution in [0.15, 0.2) is 48.5 Å². The van der Waals surface area contributed by atoms with E-state index in [2.05, 4.69) is 34.9 Å². The molecule has 1 aliphatic rings. The number of aliphatic hydroxyl groups is 1. The fourth-order valence-corrected chi connectivity index (χ4v) is 4.27. The molecule has 2 aromatic carbocycles. The van der Waals surface area contributed by atoms with Crippen molar-refractivity contribution in [2.45, 2.75) is 51.1 Å². The highest BCUT2D eigenvalue weighted by molar-refractivity contribution is 5.84. The van der Waals surface area contributed by atoms with Gasteiger partial charge in [0.1, 0.15) is 12.6 Å². The fraction of sp³-hybridized carbons (Fsp3) is 0.423. The van der Waals surface area contributed by atoms with Crippen LogP contribution in [0.25, 0.3) is 11.1 Å². The van der Waals surface area contributed by atoms with Crippen LogP contribution in [-0.2, 0) is 14.3 Å². The lowest BCUT2D eigenvalue weighted by atomic mass is 9.98. The molecule has 182 valence electrons. The van der Waals surface area contributed by atoms with Crippen molar-refractivity contribution in [3.63, 3.8) is 0 Å². The number of alkyl carbamates (subject to hydrolysis) is 1. The van der Waals surface area contributed by atoms with E-state index in [1.54, 1.807) is 6.92 Å². The van der Waals surface area contributed by atoms with Gasteiger partial charge in [0.05, 0.1) is 6.61 Å². The van der Waals surface area contributed by atoms with Crippen molar-refractivity contribution in [2.75, 3.05) is 13.2 Å². The van der Waals surface area contributed by atoms with E-state index in [0.717, 1.165) is 11.1 Å². The summed E-state index contributed by atoms with van der Waals surface area (Å²) in [7, 11) is 0. The Bertz CT molecular complexity index is 978. The third-order valence-corrected chi connectivity index (χ3v) is 6.23. The number of hydrogen-bond donors (Lipinski definition) is 4. The van der Waals surface area contributed by atoms with Crippen LogP contribution in [0.3, 0.4) is 0 Å². The smallest absolute Gasteiger partial charge is 0.407 e. The largest absolute Gasteiger partial charge is 0.480 e. The molecule has 3 unspecified atom stereocenters. The van der Waals surface area contributed by atoms with E-state index < -0.39 is 36.5 Å². The lowest BCUT2D eigenvalue weighted by Crippen LogP contribution is -2.45. The van der Waals surface area contributed by atoms with Gasteiger partial charge in [-0.25, -0.2) is 9.59 Å². The van der Waals surface area contributed by atoms with Gasteiger partial charge in [0.15, 0.2) is 0 Å². The van der Waals surface area contributed by atoms with Crippen LogP contribution >= 0.6 is 0 Å². The van der Waals surface area contributed by atoms with Crippen molar-refractivity contribution in [3.8, 4) is 11.1 Å². The molecule has 0 bridgehead atoms. The van der Waals surface area contributed by atoms with Gasteiger partial charge in [0, 0.05) is 17.9 Å². The van der Waals surface area contributed by atoms with Crippen LogP contribution in [0.5, 0.6) is 0 Å². The van der Waals surface area contributed by atoms with Gasteiger partial charge >= 0.3 is 12.1 Å². The zero-order valence-corrected chi connectivity index (χ0v) is 19.5. The Labute approximate surface area is 199 Å². The van der Waals surface area contributed by atoms with Crippen molar-refractivity contribution in [1.82, 2.24) is 10.6 Å². The van der Waals surface area contributed by atoms with Gasteiger partial charge < -0.3 is 25.6 Å². The number of carboxylic acids is 1. The first-order chi connectivity index (χ1) is 16.3. The van der Waals surface area contributed by atoms with Gasteiger partial charge in [-0.15, -0.1) is 0 Å². The molecule has 0 saturated heterocycles. The number of aliphatic hydroxyl groups excluding tert-OH is 1. The van der Waals surface area contributed by atoms with Crippen LogP contribution in [-0.4, -0.2) is 53.5 Å². The van der Waals surface area contributed by atoms with Crippen molar-refractivity contribution in [2.24, 2.45) is 5.92 Å². The summed E-state index contributed by atoms with van der Waals surface area (Å²) >= 11 is 0. The molecule has 0 aromatic heterocycles. The first kappa shape index (κ1) is 25.2. The van der Waals surface area contributed by atoms with Gasteiger partial charge in [-0.05, 0) is 42.0 Å². The summed E-state index contributed by atoms with van der Waals surface area (Å²) < 4.78 is 5.56. The average molecular weight is 469 g/mol. The lowest BCUT2D eigenvalue weighted by molar-refractivity contribution is -0.143. The van der Waals surface area contributed by atoms with Crippen LogP contribution in [0.1, 0.15) is 50.2 Å². The molecule has 0 heterocycles. The molecule has 1 aliphatic carbocycles. The third kappa shape index (κ3) is 6.14. The summed E-state index contributed by atoms with van der Waals surface area (Å²) in [5, 5.41) is 23.1. The summed E-state index contributed by atoms with van der Waals surface area (Å²) in [6, 6.07) is 14.9. The number of fused-ring (bicyclic) bond motifs is 3. The fourth-order valence-electron chi connectivity index (χ4n) is 4.27. The Balaban J connectivity index is 1.42. The molecule has 4 N–H and O–H groups in total. The quantitative estimate of drug-likeness (QED) is 0.401. The van der Waals surface area contributed by atoms with E-state index in [0.29, 0.717) is 19.3 Å². The minimum Gasteiger partial charge on any atom is -0.480 e. The van der Waals surface area contributed by atoms with E-state index in [1.807, 2.05) is 31.2 Å². The SMILES string of the molecule is CC(CCCC(C)C(=O)NC(CO)C(=O)O)NC(=O)OCC1c2ccccc2-c2ccccc21. The maximum atomic E-state index is 12.4. The first-order valence-corrected chi connectivity index (χ1v) is 11.6. The molecule has 2 amide bonds. The topological polar surface area (TPSA) is 125 Å². The standard InChI is InChI=1S/C26H32N2O6/c1-16(24(30)28-23(14-29)25(31)32)8-7-9-17(2)27-26(33)34-15-22-20-12-5-3-10-18(20)19-11-4-6-13-21(19)22/h3-6,10-13,16-17,22-23,29H,7-9,14-15H2,1-2H3,(H,27,33)(H,28,30)(H,31,32). The molecule has 2 aromatic rings. The molecular weight excluding hydrogens is 436 g/mol. The van der Waals surface area contributed by atoms with Gasteiger partial charge in [-0.2, -0.15) is 0 Å². The van der Waals surface area contributed by atoms with E-state index in [9.17, 15) is 14.4 Å². The van der Waals surface area contributed by atoms with Crippen LogP contribution in [0.4, 0.5) is 4.79 Å². The number of benzene rings is 2. The Morgan fingerprint density at radius 1 is 0.941 bits per heavy atom. The number of aliphatic carboxylic acids is 1. The molecule has 34 heavy (non-hydrogen) atoms. The molecule has 8 nitrogen and oxygen atoms in total. The monoisotopic (exact) mass is 468 g/mol. The molecule has 3 atom stereocenters. The lowest BCUT2D eigenvalue weighted by Gasteiger charge is -2.18. The molecule has 0 radical (unpaired) electrons. The van der Waals surface area contributed by atoms with Crippen molar-refractivity contribution in [3.05, 3.63) is 59.7 Å². The van der Waals surface area contributed by atoms with Crippen molar-refractivity contribution < 1.29 is 29.3 Å². The number of ether oxygens (including phenoxy) is 1. The van der Waals surface area contributed by atoms with Crippen LogP contribution in [0, 0.1) is 5.92 Å². The van der Waals surface area contributed by atoms with E-state index in [-0.39, 0.29) is 18.6 Å². The summed E-state index contributed by atoms with van der Waals surface area (Å²) in [5.41, 5.74) is 4.66. The number of hydrogen-bond acceptors (Lipinski definition) is 5. The minimum atomic E-state index is -1.30. The summed E-state index contributed by atoms with van der Waals surface area (Å²) in [6.07, 6.45) is 1.35. The number of carbonyl (C=O) groups excluding carboxylic acids is 2. The average Bonchev–Trinajstić information content (AvgIpc) is 3.14. The third-order valence-electron chi connectivity index (χ3n) is 6.23. The van der Waals surface area contributed by atoms with E-state index in [4.69, 9.17) is 14.9 Å². The predicted octanol–water partition coefficient (Wildman–Crippen LogP) is 3.28. The number of carboxylic acid groups (broad SMARTS) is 1. The highest BCUT2D eigenvalue weighted by atomic mass is 16.5. The Morgan fingerprint density at radius 2 is 1.53 bits per heavy atom. The zero-order valence-electron chi connectivity index (χ0n) is 19.5. The number of amides is 2. The summed E-state index contributed by atoms with van der Waals surface area (Å²) in [4.78, 5) is 35.4. The molecule has 3 rings (SSSR count). The zero-order chi connectivity index (χ0) is 24.7. The molecule has 0 spiro atoms. The number of rotatable bonds is 11. The van der Waals surface area contributed by atoms with Crippen LogP contribution in [0.2, 0.25) is 0 Å². The normalized spacial score (nSPS) is 14.9. The van der Waals surface area contributed by atoms with Crippen LogP contribution < -0.4 is 10.6 Å². The highest BCUT2D eigenvalue weighted by Crippen LogP contribution is 2.44. The maximum absolute atomic E-state index is 12.4. The predicted molar refractivity (Wildman–Crippen MR) is 127 cm³/mol. The molecule has 0 fully saturated rings. The molecular formula is C26H32N2O6. The maximum Gasteiger partial charge on any atom is 0.407 e. The van der Waals surface area contributed by atoms with Gasteiger partial charge in [0.2, 0.25) is 5.91 Å². The van der Waals surface area contributed by atoms with E-state index in [1.165, 1.54) is 11.1 Å². The number of nitrogens with one attached hydrogen (secondary N) is 2. The second-order valence-corrected chi connectivity index (χ2v) is 8.78. The summed E-state index contributed by atoms with van der Waals surface area (Å²) in [5.74, 6) is -2.10. The Hall–Kier alpha value is -3.39. The Kier molecular flexibility index (Phi) is 8.65. The second-order valence-electron chi connectivity index (χ2n) is 8.78. The van der Waals surface area contributed by atoms with Gasteiger partial charge in [-0.3, -0.25) is 4.79 Å². The molecule has 0 saturated carbocycles. The second kappa shape index (κ2) is 11.7. The first-order valence-electron chi connectivity index (χ1n) is 11.6. The van der Waals surface area contributed by atoms with Gasteiger partial charge in [0.25, 0.3) is 0 Å². The molecule has 8 heteroatoms. The molecule has 0 aliphatic heterocycles. The minimum absolute atomic E-state index is 0.00127. The summed E-state index contributed by atoms with van der Waals surface area (Å²) in [6.45, 7) is 3.17. The van der Waals surface area contributed by atoms with Crippen molar-refractivity contribution in [1.29, 1.82) is 0 Å².